The number of hydrogen-bond acceptors (Lipinski definition) is 3. The first-order valence-corrected chi connectivity index (χ1v) is 8.56. The monoisotopic (exact) mass is 333 g/mol. The minimum Gasteiger partial charge on any atom is -0.326 e. The molecule has 3 amide bonds. The predicted molar refractivity (Wildman–Crippen MR) is 94.3 cm³/mol. The van der Waals surface area contributed by atoms with Gasteiger partial charge < -0.3 is 5.32 Å². The van der Waals surface area contributed by atoms with Crippen molar-refractivity contribution in [2.45, 2.75) is 58.8 Å². The molecule has 3 N–H and O–H groups in total. The van der Waals surface area contributed by atoms with E-state index in [1.54, 1.807) is 24.3 Å². The van der Waals surface area contributed by atoms with Gasteiger partial charge in [0, 0.05) is 24.1 Å². The van der Waals surface area contributed by atoms with Crippen molar-refractivity contribution in [3.05, 3.63) is 29.8 Å². The lowest BCUT2D eigenvalue weighted by atomic mass is 10.2. The molecule has 0 aliphatic heterocycles. The highest BCUT2D eigenvalue weighted by Crippen LogP contribution is 2.10. The summed E-state index contributed by atoms with van der Waals surface area (Å²) in [6, 6.07) is 6.55. The zero-order chi connectivity index (χ0) is 17.8. The van der Waals surface area contributed by atoms with Crippen molar-refractivity contribution in [3.8, 4) is 0 Å². The molecule has 6 nitrogen and oxygen atoms in total. The summed E-state index contributed by atoms with van der Waals surface area (Å²) in [5.74, 6) is -0.618. The van der Waals surface area contributed by atoms with E-state index in [4.69, 9.17) is 0 Å². The summed E-state index contributed by atoms with van der Waals surface area (Å²) in [6.07, 6.45) is 5.55. The van der Waals surface area contributed by atoms with Crippen LogP contribution in [-0.2, 0) is 9.59 Å². The number of carbonyl (C=O) groups excluding carboxylic acids is 3. The smallest absolute Gasteiger partial charge is 0.269 e. The Morgan fingerprint density at radius 1 is 0.792 bits per heavy atom. The molecule has 0 heterocycles. The van der Waals surface area contributed by atoms with Crippen LogP contribution in [0.25, 0.3) is 0 Å². The average molecular weight is 333 g/mol. The largest absolute Gasteiger partial charge is 0.326 e. The summed E-state index contributed by atoms with van der Waals surface area (Å²) in [4.78, 5) is 35.1. The van der Waals surface area contributed by atoms with Gasteiger partial charge in [-0.25, -0.2) is 0 Å². The maximum atomic E-state index is 11.9. The number of rotatable bonds is 9. The predicted octanol–water partition coefficient (Wildman–Crippen LogP) is 3.16. The Kier molecular flexibility index (Phi) is 9.19. The Morgan fingerprint density at radius 3 is 2.04 bits per heavy atom. The van der Waals surface area contributed by atoms with Gasteiger partial charge in [-0.05, 0) is 37.1 Å². The van der Waals surface area contributed by atoms with Gasteiger partial charge >= 0.3 is 0 Å². The fourth-order valence-corrected chi connectivity index (χ4v) is 2.06. The van der Waals surface area contributed by atoms with Crippen molar-refractivity contribution in [2.24, 2.45) is 0 Å². The van der Waals surface area contributed by atoms with Gasteiger partial charge in [-0.1, -0.05) is 33.1 Å². The van der Waals surface area contributed by atoms with Crippen molar-refractivity contribution in [2.75, 3.05) is 5.32 Å². The molecule has 0 aliphatic rings. The van der Waals surface area contributed by atoms with Gasteiger partial charge in [0.15, 0.2) is 0 Å². The molecule has 0 atom stereocenters. The standard InChI is InChI=1S/C18H27N3O3/c1-3-5-7-9-17(23)20-21-18(24)14-10-12-15(13-11-14)19-16(22)8-6-4-2/h10-13H,3-9H2,1-2H3,(H,19,22)(H,20,23)(H,21,24). The topological polar surface area (TPSA) is 87.3 Å². The van der Waals surface area contributed by atoms with Gasteiger partial charge in [0.05, 0.1) is 0 Å². The van der Waals surface area contributed by atoms with Gasteiger partial charge in [-0.15, -0.1) is 0 Å². The second-order valence-corrected chi connectivity index (χ2v) is 5.69. The zero-order valence-electron chi connectivity index (χ0n) is 14.5. The molecule has 0 aliphatic carbocycles. The lowest BCUT2D eigenvalue weighted by Gasteiger charge is -2.08. The van der Waals surface area contributed by atoms with Crippen molar-refractivity contribution in [1.82, 2.24) is 10.9 Å². The first kappa shape index (κ1) is 19.7. The SMILES string of the molecule is CCCCCC(=O)NNC(=O)c1ccc(NC(=O)CCCC)cc1. The van der Waals surface area contributed by atoms with E-state index >= 15 is 0 Å². The number of unbranched alkanes of at least 4 members (excludes halogenated alkanes) is 3. The molecule has 0 bridgehead atoms. The maximum absolute atomic E-state index is 11.9. The molecule has 1 rings (SSSR count). The highest BCUT2D eigenvalue weighted by molar-refractivity contribution is 5.96. The van der Waals surface area contributed by atoms with E-state index in [1.165, 1.54) is 0 Å². The second kappa shape index (κ2) is 11.2. The van der Waals surface area contributed by atoms with Crippen molar-refractivity contribution in [1.29, 1.82) is 0 Å². The van der Waals surface area contributed by atoms with Gasteiger partial charge in [0.2, 0.25) is 11.8 Å². The fourth-order valence-electron chi connectivity index (χ4n) is 2.06. The Labute approximate surface area is 143 Å². The highest BCUT2D eigenvalue weighted by atomic mass is 16.2. The van der Waals surface area contributed by atoms with Crippen LogP contribution in [0.4, 0.5) is 5.69 Å². The number of carbonyl (C=O) groups is 3. The Morgan fingerprint density at radius 2 is 1.42 bits per heavy atom. The summed E-state index contributed by atoms with van der Waals surface area (Å²) in [5.41, 5.74) is 5.85. The molecular formula is C18H27N3O3. The van der Waals surface area contributed by atoms with Crippen LogP contribution < -0.4 is 16.2 Å². The molecular weight excluding hydrogens is 306 g/mol. The molecule has 1 aromatic carbocycles. The number of hydrazine groups is 1. The lowest BCUT2D eigenvalue weighted by Crippen LogP contribution is -2.41. The van der Waals surface area contributed by atoms with Crippen LogP contribution in [0.2, 0.25) is 0 Å². The first-order valence-electron chi connectivity index (χ1n) is 8.56. The number of hydrogen-bond donors (Lipinski definition) is 3. The van der Waals surface area contributed by atoms with Crippen molar-refractivity contribution < 1.29 is 14.4 Å². The van der Waals surface area contributed by atoms with Gasteiger partial charge in [0.1, 0.15) is 0 Å². The van der Waals surface area contributed by atoms with Gasteiger partial charge in [0.25, 0.3) is 5.91 Å². The van der Waals surface area contributed by atoms with E-state index in [2.05, 4.69) is 23.1 Å². The number of anilines is 1. The molecule has 0 saturated carbocycles. The number of nitrogens with one attached hydrogen (secondary N) is 3. The average Bonchev–Trinajstić information content (AvgIpc) is 2.58. The molecule has 0 radical (unpaired) electrons. The van der Waals surface area contributed by atoms with Crippen LogP contribution in [0.5, 0.6) is 0 Å². The van der Waals surface area contributed by atoms with Crippen LogP contribution in [0.1, 0.15) is 69.2 Å². The molecule has 0 fully saturated rings. The number of benzene rings is 1. The van der Waals surface area contributed by atoms with Gasteiger partial charge in [-0.3, -0.25) is 25.2 Å². The summed E-state index contributed by atoms with van der Waals surface area (Å²) in [7, 11) is 0. The van der Waals surface area contributed by atoms with E-state index < -0.39 is 0 Å². The summed E-state index contributed by atoms with van der Waals surface area (Å²) >= 11 is 0. The van der Waals surface area contributed by atoms with Crippen molar-refractivity contribution >= 4 is 23.4 Å². The Balaban J connectivity index is 2.40. The Hall–Kier alpha value is -2.37. The lowest BCUT2D eigenvalue weighted by molar-refractivity contribution is -0.122. The molecule has 132 valence electrons. The third-order valence-corrected chi connectivity index (χ3v) is 3.51. The summed E-state index contributed by atoms with van der Waals surface area (Å²) < 4.78 is 0. The van der Waals surface area contributed by atoms with Crippen LogP contribution in [-0.4, -0.2) is 17.7 Å². The first-order chi connectivity index (χ1) is 11.6. The Bertz CT molecular complexity index is 541. The van der Waals surface area contributed by atoms with Crippen molar-refractivity contribution in [3.63, 3.8) is 0 Å². The molecule has 0 unspecified atom stereocenters. The highest BCUT2D eigenvalue weighted by Gasteiger charge is 2.08. The zero-order valence-corrected chi connectivity index (χ0v) is 14.5. The van der Waals surface area contributed by atoms with E-state index in [0.717, 1.165) is 32.1 Å². The van der Waals surface area contributed by atoms with E-state index in [-0.39, 0.29) is 17.7 Å². The summed E-state index contributed by atoms with van der Waals surface area (Å²) in [6.45, 7) is 4.10. The molecule has 0 spiro atoms. The van der Waals surface area contributed by atoms with Crippen LogP contribution >= 0.6 is 0 Å². The number of amides is 3. The van der Waals surface area contributed by atoms with Gasteiger partial charge in [-0.2, -0.15) is 0 Å². The molecule has 24 heavy (non-hydrogen) atoms. The second-order valence-electron chi connectivity index (χ2n) is 5.69. The quantitative estimate of drug-likeness (QED) is 0.479. The van der Waals surface area contributed by atoms with Crippen LogP contribution in [0.15, 0.2) is 24.3 Å². The van der Waals surface area contributed by atoms with E-state index in [1.807, 2.05) is 6.92 Å². The van der Waals surface area contributed by atoms with Crippen LogP contribution in [0, 0.1) is 0 Å². The summed E-state index contributed by atoms with van der Waals surface area (Å²) in [5, 5.41) is 2.78. The third kappa shape index (κ3) is 7.76. The molecule has 1 aromatic rings. The normalized spacial score (nSPS) is 10.1. The molecule has 0 saturated heterocycles. The minimum absolute atomic E-state index is 0.0339. The fraction of sp³-hybridized carbons (Fsp3) is 0.500. The molecule has 6 heteroatoms. The van der Waals surface area contributed by atoms with Crippen LogP contribution in [0.3, 0.4) is 0 Å². The van der Waals surface area contributed by atoms with E-state index in [9.17, 15) is 14.4 Å². The molecule has 0 aromatic heterocycles. The van der Waals surface area contributed by atoms with E-state index in [0.29, 0.717) is 24.1 Å². The minimum atomic E-state index is -0.386. The third-order valence-electron chi connectivity index (χ3n) is 3.51. The maximum Gasteiger partial charge on any atom is 0.269 e.